The van der Waals surface area contributed by atoms with Crippen molar-refractivity contribution in [2.75, 3.05) is 34.4 Å². The highest BCUT2D eigenvalue weighted by molar-refractivity contribution is 7.89. The van der Waals surface area contributed by atoms with Gasteiger partial charge >= 0.3 is 0 Å². The van der Waals surface area contributed by atoms with Crippen LogP contribution in [-0.4, -0.2) is 59.2 Å². The van der Waals surface area contributed by atoms with Gasteiger partial charge in [-0.25, -0.2) is 8.42 Å². The highest BCUT2D eigenvalue weighted by Gasteiger charge is 2.36. The molecular formula is C15H25ClN2O5S. The Balaban J connectivity index is 0.00000288. The number of halogens is 1. The Morgan fingerprint density at radius 1 is 1.00 bits per heavy atom. The third kappa shape index (κ3) is 4.05. The van der Waals surface area contributed by atoms with E-state index < -0.39 is 10.0 Å². The van der Waals surface area contributed by atoms with Crippen molar-refractivity contribution in [2.24, 2.45) is 0 Å². The minimum absolute atomic E-state index is 0. The number of benzene rings is 1. The number of nitrogens with zero attached hydrogens (tertiary/aromatic N) is 1. The first kappa shape index (κ1) is 20.8. The number of methoxy groups -OCH3 is 3. The van der Waals surface area contributed by atoms with Crippen molar-refractivity contribution in [1.29, 1.82) is 0 Å². The predicted octanol–water partition coefficient (Wildman–Crippen LogP) is 1.51. The first-order chi connectivity index (χ1) is 10.8. The van der Waals surface area contributed by atoms with E-state index in [4.69, 9.17) is 14.2 Å². The van der Waals surface area contributed by atoms with Crippen molar-refractivity contribution < 1.29 is 22.6 Å². The molecule has 2 unspecified atom stereocenters. The van der Waals surface area contributed by atoms with E-state index in [1.54, 1.807) is 12.1 Å². The second-order valence-electron chi connectivity index (χ2n) is 5.65. The highest BCUT2D eigenvalue weighted by Crippen LogP contribution is 2.39. The Labute approximate surface area is 149 Å². The lowest BCUT2D eigenvalue weighted by Gasteiger charge is -2.35. The minimum Gasteiger partial charge on any atom is -0.496 e. The second kappa shape index (κ2) is 8.24. The third-order valence-corrected chi connectivity index (χ3v) is 5.69. The zero-order valence-corrected chi connectivity index (χ0v) is 16.2. The van der Waals surface area contributed by atoms with Crippen LogP contribution in [0, 0.1) is 0 Å². The number of piperazine rings is 1. The summed E-state index contributed by atoms with van der Waals surface area (Å²) >= 11 is 0. The van der Waals surface area contributed by atoms with Crippen LogP contribution in [0.15, 0.2) is 17.0 Å². The predicted molar refractivity (Wildman–Crippen MR) is 94.2 cm³/mol. The average molecular weight is 381 g/mol. The molecule has 1 heterocycles. The Morgan fingerprint density at radius 2 is 1.46 bits per heavy atom. The molecule has 2 rings (SSSR count). The number of ether oxygens (including phenoxy) is 3. The standard InChI is InChI=1S/C15H24N2O5S.ClH/c1-10-8-17(9-11(2)16-10)23(18,19)15-13(21-4)6-12(20-3)7-14(15)22-5;/h6-7,10-11,16H,8-9H2,1-5H3;1H. The SMILES string of the molecule is COc1cc(OC)c(S(=O)(=O)N2CC(C)NC(C)C2)c(OC)c1.Cl. The summed E-state index contributed by atoms with van der Waals surface area (Å²) in [5.74, 6) is 0.889. The fourth-order valence-electron chi connectivity index (χ4n) is 2.83. The zero-order chi connectivity index (χ0) is 17.2. The summed E-state index contributed by atoms with van der Waals surface area (Å²) in [5, 5.41) is 3.32. The molecule has 9 heteroatoms. The fraction of sp³-hybridized carbons (Fsp3) is 0.600. The number of hydrogen-bond donors (Lipinski definition) is 1. The molecule has 7 nitrogen and oxygen atoms in total. The van der Waals surface area contributed by atoms with Gasteiger partial charge in [-0.1, -0.05) is 0 Å². The number of nitrogens with one attached hydrogen (secondary N) is 1. The van der Waals surface area contributed by atoms with Crippen LogP contribution in [-0.2, 0) is 10.0 Å². The van der Waals surface area contributed by atoms with Crippen LogP contribution in [0.3, 0.4) is 0 Å². The monoisotopic (exact) mass is 380 g/mol. The maximum absolute atomic E-state index is 13.1. The van der Waals surface area contributed by atoms with Crippen molar-refractivity contribution in [3.05, 3.63) is 12.1 Å². The van der Waals surface area contributed by atoms with Gasteiger partial charge in [0, 0.05) is 37.3 Å². The van der Waals surface area contributed by atoms with E-state index in [1.807, 2.05) is 13.8 Å². The van der Waals surface area contributed by atoms with Crippen LogP contribution < -0.4 is 19.5 Å². The first-order valence-corrected chi connectivity index (χ1v) is 8.83. The lowest BCUT2D eigenvalue weighted by Crippen LogP contribution is -2.55. The van der Waals surface area contributed by atoms with Gasteiger partial charge in [0.15, 0.2) is 4.90 Å². The molecule has 0 aliphatic carbocycles. The van der Waals surface area contributed by atoms with Crippen LogP contribution in [0.2, 0.25) is 0 Å². The molecule has 24 heavy (non-hydrogen) atoms. The molecule has 0 radical (unpaired) electrons. The van der Waals surface area contributed by atoms with Gasteiger partial charge in [-0.3, -0.25) is 0 Å². The fourth-order valence-corrected chi connectivity index (χ4v) is 4.72. The van der Waals surface area contributed by atoms with Gasteiger partial charge in [0.1, 0.15) is 17.2 Å². The Bertz CT molecular complexity index is 633. The van der Waals surface area contributed by atoms with Crippen LogP contribution in [0.1, 0.15) is 13.8 Å². The van der Waals surface area contributed by atoms with Gasteiger partial charge in [-0.15, -0.1) is 12.4 Å². The maximum atomic E-state index is 13.1. The van der Waals surface area contributed by atoms with E-state index in [1.165, 1.54) is 25.6 Å². The molecule has 0 aromatic heterocycles. The average Bonchev–Trinajstić information content (AvgIpc) is 2.52. The summed E-state index contributed by atoms with van der Waals surface area (Å²) in [6.07, 6.45) is 0. The molecule has 0 bridgehead atoms. The maximum Gasteiger partial charge on any atom is 0.250 e. The molecule has 138 valence electrons. The van der Waals surface area contributed by atoms with Gasteiger partial charge in [-0.05, 0) is 13.8 Å². The van der Waals surface area contributed by atoms with Gasteiger partial charge in [-0.2, -0.15) is 4.31 Å². The summed E-state index contributed by atoms with van der Waals surface area (Å²) < 4.78 is 43.5. The van der Waals surface area contributed by atoms with Crippen LogP contribution >= 0.6 is 12.4 Å². The summed E-state index contributed by atoms with van der Waals surface area (Å²) in [5.41, 5.74) is 0. The molecule has 0 amide bonds. The summed E-state index contributed by atoms with van der Waals surface area (Å²) in [6, 6.07) is 3.24. The van der Waals surface area contributed by atoms with Crippen LogP contribution in [0.4, 0.5) is 0 Å². The van der Waals surface area contributed by atoms with E-state index >= 15 is 0 Å². The van der Waals surface area contributed by atoms with E-state index in [-0.39, 0.29) is 40.9 Å². The Hall–Kier alpha value is -1.22. The molecule has 1 fully saturated rings. The molecule has 1 saturated heterocycles. The third-order valence-electron chi connectivity index (χ3n) is 3.79. The van der Waals surface area contributed by atoms with Gasteiger partial charge in [0.2, 0.25) is 0 Å². The molecule has 1 aromatic rings. The number of rotatable bonds is 5. The Kier molecular flexibility index (Phi) is 7.15. The van der Waals surface area contributed by atoms with Crippen LogP contribution in [0.5, 0.6) is 17.2 Å². The van der Waals surface area contributed by atoms with Crippen molar-refractivity contribution in [1.82, 2.24) is 9.62 Å². The van der Waals surface area contributed by atoms with Gasteiger partial charge < -0.3 is 19.5 Å². The molecule has 1 aliphatic heterocycles. The zero-order valence-electron chi connectivity index (χ0n) is 14.5. The molecule has 1 N–H and O–H groups in total. The lowest BCUT2D eigenvalue weighted by molar-refractivity contribution is 0.261. The minimum atomic E-state index is -3.75. The van der Waals surface area contributed by atoms with E-state index in [2.05, 4.69) is 5.32 Å². The summed E-state index contributed by atoms with van der Waals surface area (Å²) in [7, 11) is 0.605. The largest absolute Gasteiger partial charge is 0.496 e. The topological polar surface area (TPSA) is 77.1 Å². The van der Waals surface area contributed by atoms with Crippen molar-refractivity contribution >= 4 is 22.4 Å². The molecule has 0 saturated carbocycles. The Morgan fingerprint density at radius 3 is 1.83 bits per heavy atom. The molecule has 1 aromatic carbocycles. The van der Waals surface area contributed by atoms with Gasteiger partial charge in [0.25, 0.3) is 10.0 Å². The number of hydrogen-bond acceptors (Lipinski definition) is 6. The van der Waals surface area contributed by atoms with E-state index in [9.17, 15) is 8.42 Å². The summed E-state index contributed by atoms with van der Waals surface area (Å²) in [6.45, 7) is 4.71. The van der Waals surface area contributed by atoms with Crippen molar-refractivity contribution in [3.63, 3.8) is 0 Å². The quantitative estimate of drug-likeness (QED) is 0.834. The first-order valence-electron chi connectivity index (χ1n) is 7.39. The molecule has 2 atom stereocenters. The molecule has 1 aliphatic rings. The number of sulfonamides is 1. The van der Waals surface area contributed by atoms with Crippen molar-refractivity contribution in [2.45, 2.75) is 30.8 Å². The normalized spacial score (nSPS) is 21.7. The summed E-state index contributed by atoms with van der Waals surface area (Å²) in [4.78, 5) is 0.0320. The van der Waals surface area contributed by atoms with E-state index in [0.717, 1.165) is 0 Å². The second-order valence-corrected chi connectivity index (χ2v) is 7.53. The smallest absolute Gasteiger partial charge is 0.250 e. The highest BCUT2D eigenvalue weighted by atomic mass is 35.5. The molecular weight excluding hydrogens is 356 g/mol. The van der Waals surface area contributed by atoms with Crippen molar-refractivity contribution in [3.8, 4) is 17.2 Å². The van der Waals surface area contributed by atoms with Crippen LogP contribution in [0.25, 0.3) is 0 Å². The van der Waals surface area contributed by atoms with Gasteiger partial charge in [0.05, 0.1) is 21.3 Å². The molecule has 0 spiro atoms. The lowest BCUT2D eigenvalue weighted by atomic mass is 10.2. The van der Waals surface area contributed by atoms with E-state index in [0.29, 0.717) is 18.8 Å².